The normalized spacial score (nSPS) is 8.67. The van der Waals surface area contributed by atoms with Crippen LogP contribution < -0.4 is 0 Å². The van der Waals surface area contributed by atoms with Gasteiger partial charge in [0, 0.05) is 0 Å². The lowest BCUT2D eigenvalue weighted by atomic mass is 10.1. The molecule has 0 nitrogen and oxygen atoms in total. The van der Waals surface area contributed by atoms with Gasteiger partial charge in [-0.15, -0.1) is 6.58 Å². The molecule has 0 fully saturated rings. The Labute approximate surface area is 79.1 Å². The maximum absolute atomic E-state index is 3.56. The second kappa shape index (κ2) is 13.3. The van der Waals surface area contributed by atoms with Crippen LogP contribution in [0.2, 0.25) is 0 Å². The maximum Gasteiger partial charge on any atom is -0.0445 e. The van der Waals surface area contributed by atoms with Crippen LogP contribution in [0.15, 0.2) is 12.2 Å². The van der Waals surface area contributed by atoms with E-state index in [1.165, 1.54) is 44.1 Å². The fourth-order valence-electron chi connectivity index (χ4n) is 0.854. The molecule has 0 rings (SSSR count). The highest BCUT2D eigenvalue weighted by Gasteiger charge is 1.83. The molecule has 0 aromatic carbocycles. The second-order valence-electron chi connectivity index (χ2n) is 3.62. The van der Waals surface area contributed by atoms with Crippen LogP contribution in [0.1, 0.15) is 66.2 Å². The van der Waals surface area contributed by atoms with Gasteiger partial charge in [-0.25, -0.2) is 0 Å². The topological polar surface area (TPSA) is 0 Å². The van der Waals surface area contributed by atoms with Gasteiger partial charge >= 0.3 is 0 Å². The Bertz CT molecular complexity index is 72.0. The zero-order valence-electron chi connectivity index (χ0n) is 9.45. The molecule has 0 aliphatic carbocycles. The molecule has 0 aromatic heterocycles. The summed E-state index contributed by atoms with van der Waals surface area (Å²) in [5.41, 5.74) is 1.17. The van der Waals surface area contributed by atoms with E-state index in [4.69, 9.17) is 0 Å². The van der Waals surface area contributed by atoms with Crippen LogP contribution >= 0.6 is 0 Å². The minimum atomic E-state index is 1.17. The van der Waals surface area contributed by atoms with E-state index in [1.807, 2.05) is 13.8 Å². The zero-order chi connectivity index (χ0) is 9.82. The molecule has 0 atom stereocenters. The number of rotatable bonds is 5. The number of hydrogen-bond acceptors (Lipinski definition) is 0. The van der Waals surface area contributed by atoms with Crippen molar-refractivity contribution in [2.24, 2.45) is 0 Å². The first-order valence-electron chi connectivity index (χ1n) is 5.27. The minimum Gasteiger partial charge on any atom is -0.100 e. The fraction of sp³-hybridized carbons (Fsp3) is 0.833. The predicted octanol–water partition coefficient (Wildman–Crippen LogP) is 4.95. The minimum absolute atomic E-state index is 1.17. The first-order chi connectivity index (χ1) is 5.65. The summed E-state index contributed by atoms with van der Waals surface area (Å²) >= 11 is 0. The third kappa shape index (κ3) is 33.1. The fourth-order valence-corrected chi connectivity index (χ4v) is 0.854. The molecule has 74 valence electrons. The smallest absolute Gasteiger partial charge is 0.0445 e. The molecule has 0 unspecified atom stereocenters. The molecule has 0 saturated carbocycles. The summed E-state index contributed by atoms with van der Waals surface area (Å²) in [5.74, 6) is 0. The average molecular weight is 170 g/mol. The van der Waals surface area contributed by atoms with Crippen LogP contribution in [0.4, 0.5) is 0 Å². The molecule has 0 spiro atoms. The van der Waals surface area contributed by atoms with Crippen molar-refractivity contribution in [2.45, 2.75) is 66.2 Å². The van der Waals surface area contributed by atoms with Crippen molar-refractivity contribution in [2.75, 3.05) is 0 Å². The van der Waals surface area contributed by atoms with Gasteiger partial charge in [0.05, 0.1) is 0 Å². The van der Waals surface area contributed by atoms with Crippen molar-refractivity contribution in [1.82, 2.24) is 0 Å². The Morgan fingerprint density at radius 1 is 0.833 bits per heavy atom. The van der Waals surface area contributed by atoms with Crippen LogP contribution in [-0.4, -0.2) is 0 Å². The van der Waals surface area contributed by atoms with Gasteiger partial charge in [-0.05, 0) is 13.8 Å². The Balaban J connectivity index is 0. The van der Waals surface area contributed by atoms with E-state index in [-0.39, 0.29) is 0 Å². The van der Waals surface area contributed by atoms with Gasteiger partial charge in [0.25, 0.3) is 0 Å². The highest BCUT2D eigenvalue weighted by Crippen LogP contribution is 2.03. The molecular weight excluding hydrogens is 144 g/mol. The Morgan fingerprint density at radius 3 is 1.25 bits per heavy atom. The molecule has 0 aliphatic rings. The standard InChI is InChI=1S/C8H18.C4H8/c1-3-5-7-8-6-4-2;1-4(2)3/h3-8H2,1-2H3;1H2,2-3H3. The Kier molecular flexibility index (Phi) is 15.9. The van der Waals surface area contributed by atoms with Gasteiger partial charge in [-0.2, -0.15) is 0 Å². The first kappa shape index (κ1) is 14.3. The van der Waals surface area contributed by atoms with Crippen LogP contribution in [0, 0.1) is 0 Å². The lowest BCUT2D eigenvalue weighted by Gasteiger charge is -1.93. The van der Waals surface area contributed by atoms with Gasteiger partial charge in [-0.3, -0.25) is 0 Å². The third-order valence-corrected chi connectivity index (χ3v) is 1.46. The molecule has 0 N–H and O–H groups in total. The monoisotopic (exact) mass is 170 g/mol. The highest BCUT2D eigenvalue weighted by molar-refractivity contribution is 4.78. The molecule has 0 aromatic rings. The number of unbranched alkanes of at least 4 members (excludes halogenated alkanes) is 5. The summed E-state index contributed by atoms with van der Waals surface area (Å²) in [6, 6.07) is 0. The molecule has 0 amide bonds. The van der Waals surface area contributed by atoms with Gasteiger partial charge in [-0.1, -0.05) is 57.9 Å². The quantitative estimate of drug-likeness (QED) is 0.404. The lowest BCUT2D eigenvalue weighted by Crippen LogP contribution is -1.73. The third-order valence-electron chi connectivity index (χ3n) is 1.46. The molecule has 0 radical (unpaired) electrons. The molecule has 0 heteroatoms. The molecule has 0 bridgehead atoms. The summed E-state index contributed by atoms with van der Waals surface area (Å²) in [4.78, 5) is 0. The van der Waals surface area contributed by atoms with Gasteiger partial charge < -0.3 is 0 Å². The van der Waals surface area contributed by atoms with Crippen molar-refractivity contribution in [3.05, 3.63) is 12.2 Å². The van der Waals surface area contributed by atoms with Crippen molar-refractivity contribution in [1.29, 1.82) is 0 Å². The summed E-state index contributed by atoms with van der Waals surface area (Å²) in [5, 5.41) is 0. The molecule has 0 saturated heterocycles. The van der Waals surface area contributed by atoms with Gasteiger partial charge in [0.2, 0.25) is 0 Å². The number of allylic oxidation sites excluding steroid dienone is 1. The van der Waals surface area contributed by atoms with Crippen molar-refractivity contribution < 1.29 is 0 Å². The summed E-state index contributed by atoms with van der Waals surface area (Å²) in [6.45, 7) is 12.0. The van der Waals surface area contributed by atoms with Crippen molar-refractivity contribution in [3.8, 4) is 0 Å². The van der Waals surface area contributed by atoms with Crippen LogP contribution in [-0.2, 0) is 0 Å². The van der Waals surface area contributed by atoms with E-state index in [1.54, 1.807) is 0 Å². The van der Waals surface area contributed by atoms with E-state index >= 15 is 0 Å². The van der Waals surface area contributed by atoms with E-state index in [9.17, 15) is 0 Å². The zero-order valence-corrected chi connectivity index (χ0v) is 9.45. The predicted molar refractivity (Wildman–Crippen MR) is 59.5 cm³/mol. The summed E-state index contributed by atoms with van der Waals surface area (Å²) in [6.07, 6.45) is 8.49. The van der Waals surface area contributed by atoms with E-state index in [0.29, 0.717) is 0 Å². The largest absolute Gasteiger partial charge is 0.100 e. The van der Waals surface area contributed by atoms with E-state index in [0.717, 1.165) is 0 Å². The maximum atomic E-state index is 3.56. The first-order valence-corrected chi connectivity index (χ1v) is 5.27. The second-order valence-corrected chi connectivity index (χ2v) is 3.62. The Morgan fingerprint density at radius 2 is 1.08 bits per heavy atom. The van der Waals surface area contributed by atoms with Gasteiger partial charge in [0.1, 0.15) is 0 Å². The Hall–Kier alpha value is -0.260. The van der Waals surface area contributed by atoms with Crippen LogP contribution in [0.3, 0.4) is 0 Å². The molecular formula is C12H26. The van der Waals surface area contributed by atoms with Gasteiger partial charge in [0.15, 0.2) is 0 Å². The van der Waals surface area contributed by atoms with Crippen molar-refractivity contribution >= 4 is 0 Å². The van der Waals surface area contributed by atoms with Crippen LogP contribution in [0.25, 0.3) is 0 Å². The van der Waals surface area contributed by atoms with Crippen molar-refractivity contribution in [3.63, 3.8) is 0 Å². The van der Waals surface area contributed by atoms with E-state index < -0.39 is 0 Å². The molecule has 12 heavy (non-hydrogen) atoms. The average Bonchev–Trinajstić information content (AvgIpc) is 1.97. The SMILES string of the molecule is C=C(C)C.CCCCCCCC. The summed E-state index contributed by atoms with van der Waals surface area (Å²) in [7, 11) is 0. The van der Waals surface area contributed by atoms with Crippen LogP contribution in [0.5, 0.6) is 0 Å². The molecule has 0 aliphatic heterocycles. The highest BCUT2D eigenvalue weighted by atomic mass is 13.9. The van der Waals surface area contributed by atoms with E-state index in [2.05, 4.69) is 20.4 Å². The number of hydrogen-bond donors (Lipinski definition) is 0. The molecule has 0 heterocycles. The lowest BCUT2D eigenvalue weighted by molar-refractivity contribution is 0.624. The summed E-state index contributed by atoms with van der Waals surface area (Å²) < 4.78 is 0.